The summed E-state index contributed by atoms with van der Waals surface area (Å²) < 4.78 is 42.5. The maximum atomic E-state index is 12.6. The SMILES string of the molecule is Cc1cccc(C)c1N1CCCSC1=NC(=O)N/C=C/c1ccc(-c2ncn(-c3ccc(OC(F)(F)F)cc3)n2)cc1. The number of hydrogen-bond acceptors (Lipinski definition) is 5. The number of aryl methyl sites for hydroxylation is 2. The molecular formula is C30H27F3N6O2S. The molecule has 12 heteroatoms. The molecule has 1 fully saturated rings. The lowest BCUT2D eigenvalue weighted by atomic mass is 10.1. The number of rotatable bonds is 6. The molecule has 0 bridgehead atoms. The Morgan fingerprint density at radius 3 is 2.45 bits per heavy atom. The predicted molar refractivity (Wildman–Crippen MR) is 159 cm³/mol. The van der Waals surface area contributed by atoms with Gasteiger partial charge in [-0.25, -0.2) is 14.5 Å². The van der Waals surface area contributed by atoms with Crippen LogP contribution < -0.4 is 15.0 Å². The van der Waals surface area contributed by atoms with Crippen molar-refractivity contribution in [3.05, 3.63) is 95.9 Å². The largest absolute Gasteiger partial charge is 0.573 e. The number of aliphatic imine (C=N–C) groups is 1. The Morgan fingerprint density at radius 1 is 1.05 bits per heavy atom. The minimum atomic E-state index is -4.75. The minimum absolute atomic E-state index is 0.314. The third kappa shape index (κ3) is 7.19. The smallest absolute Gasteiger partial charge is 0.406 e. The Bertz CT molecular complexity index is 1600. The van der Waals surface area contributed by atoms with E-state index in [0.29, 0.717) is 16.7 Å². The number of amides is 2. The molecule has 1 N–H and O–H groups in total. The molecule has 0 spiro atoms. The zero-order valence-corrected chi connectivity index (χ0v) is 23.6. The van der Waals surface area contributed by atoms with Crippen molar-refractivity contribution in [1.82, 2.24) is 20.1 Å². The average molecular weight is 593 g/mol. The molecule has 0 saturated carbocycles. The molecule has 1 aliphatic rings. The summed E-state index contributed by atoms with van der Waals surface area (Å²) in [5.41, 5.74) is 5.51. The molecule has 2 amide bonds. The summed E-state index contributed by atoms with van der Waals surface area (Å²) in [5, 5.41) is 7.82. The lowest BCUT2D eigenvalue weighted by molar-refractivity contribution is -0.274. The quantitative estimate of drug-likeness (QED) is 0.257. The molecule has 216 valence electrons. The van der Waals surface area contributed by atoms with E-state index in [2.05, 4.69) is 56.0 Å². The molecule has 0 aliphatic carbocycles. The van der Waals surface area contributed by atoms with Gasteiger partial charge in [-0.3, -0.25) is 0 Å². The molecule has 0 radical (unpaired) electrons. The van der Waals surface area contributed by atoms with E-state index >= 15 is 0 Å². The second kappa shape index (κ2) is 12.5. The van der Waals surface area contributed by atoms with Crippen molar-refractivity contribution >= 4 is 34.7 Å². The summed E-state index contributed by atoms with van der Waals surface area (Å²) in [5.74, 6) is 1.04. The van der Waals surface area contributed by atoms with Crippen LogP contribution in [0, 0.1) is 13.8 Å². The van der Waals surface area contributed by atoms with Crippen molar-refractivity contribution in [3.63, 3.8) is 0 Å². The molecule has 5 rings (SSSR count). The third-order valence-corrected chi connectivity index (χ3v) is 7.44. The molecule has 0 unspecified atom stereocenters. The second-order valence-electron chi connectivity index (χ2n) is 9.45. The van der Waals surface area contributed by atoms with Gasteiger partial charge < -0.3 is 15.0 Å². The van der Waals surface area contributed by atoms with Crippen molar-refractivity contribution < 1.29 is 22.7 Å². The van der Waals surface area contributed by atoms with E-state index in [1.807, 2.05) is 30.3 Å². The standard InChI is InChI=1S/C30H27F3N6O2S/c1-20-5-3-6-21(2)26(20)38-17-4-18-42-29(38)36-28(40)34-16-15-22-7-9-23(10-8-22)27-35-19-39(37-27)24-11-13-25(14-12-24)41-30(31,32)33/h3,5-16,19H,4,17-18H2,1-2H3,(H,34,40)/b16-15+,36-29?. The summed E-state index contributed by atoms with van der Waals surface area (Å²) in [6.45, 7) is 4.94. The topological polar surface area (TPSA) is 84.6 Å². The molecule has 2 heterocycles. The molecule has 4 aromatic rings. The van der Waals surface area contributed by atoms with Gasteiger partial charge >= 0.3 is 12.4 Å². The van der Waals surface area contributed by atoms with Gasteiger partial charge in [-0.05, 0) is 67.3 Å². The number of carbonyl (C=O) groups is 1. The zero-order valence-electron chi connectivity index (χ0n) is 22.8. The molecule has 42 heavy (non-hydrogen) atoms. The number of thioether (sulfide) groups is 1. The molecular weight excluding hydrogens is 565 g/mol. The fraction of sp³-hybridized carbons (Fsp3) is 0.200. The predicted octanol–water partition coefficient (Wildman–Crippen LogP) is 7.13. The van der Waals surface area contributed by atoms with E-state index in [4.69, 9.17) is 0 Å². The summed E-state index contributed by atoms with van der Waals surface area (Å²) >= 11 is 1.57. The maximum absolute atomic E-state index is 12.6. The van der Waals surface area contributed by atoms with Crippen molar-refractivity contribution in [2.24, 2.45) is 4.99 Å². The van der Waals surface area contributed by atoms with Crippen LogP contribution in [-0.4, -0.2) is 44.6 Å². The molecule has 8 nitrogen and oxygen atoms in total. The number of nitrogens with zero attached hydrogens (tertiary/aromatic N) is 5. The van der Waals surface area contributed by atoms with Gasteiger partial charge in [0.05, 0.1) is 5.69 Å². The Balaban J connectivity index is 1.20. The van der Waals surface area contributed by atoms with Gasteiger partial charge in [-0.15, -0.1) is 18.3 Å². The first-order valence-corrected chi connectivity index (χ1v) is 14.1. The fourth-order valence-electron chi connectivity index (χ4n) is 4.48. The van der Waals surface area contributed by atoms with Crippen LogP contribution in [0.5, 0.6) is 5.75 Å². The highest BCUT2D eigenvalue weighted by molar-refractivity contribution is 8.14. The highest BCUT2D eigenvalue weighted by atomic mass is 32.2. The summed E-state index contributed by atoms with van der Waals surface area (Å²) in [4.78, 5) is 23.4. The van der Waals surface area contributed by atoms with Crippen molar-refractivity contribution in [3.8, 4) is 22.8 Å². The number of ether oxygens (including phenoxy) is 1. The number of benzene rings is 3. The maximum Gasteiger partial charge on any atom is 0.573 e. The zero-order chi connectivity index (χ0) is 29.7. The van der Waals surface area contributed by atoms with Crippen LogP contribution in [0.4, 0.5) is 23.7 Å². The number of urea groups is 1. The normalized spacial score (nSPS) is 14.9. The Morgan fingerprint density at radius 2 is 1.76 bits per heavy atom. The Kier molecular flexibility index (Phi) is 8.62. The Labute approximate surface area is 244 Å². The van der Waals surface area contributed by atoms with E-state index in [1.165, 1.54) is 35.3 Å². The van der Waals surface area contributed by atoms with Crippen LogP contribution in [0.25, 0.3) is 23.2 Å². The van der Waals surface area contributed by atoms with Gasteiger partial charge in [-0.1, -0.05) is 54.2 Å². The second-order valence-corrected chi connectivity index (χ2v) is 10.5. The first-order valence-electron chi connectivity index (χ1n) is 13.1. The van der Waals surface area contributed by atoms with E-state index in [0.717, 1.165) is 46.7 Å². The van der Waals surface area contributed by atoms with Gasteiger partial charge in [-0.2, -0.15) is 4.99 Å². The van der Waals surface area contributed by atoms with Crippen LogP contribution in [0.2, 0.25) is 0 Å². The number of aromatic nitrogens is 3. The first kappa shape index (κ1) is 28.9. The van der Waals surface area contributed by atoms with Crippen LogP contribution in [0.1, 0.15) is 23.1 Å². The summed E-state index contributed by atoms with van der Waals surface area (Å²) in [7, 11) is 0. The van der Waals surface area contributed by atoms with Gasteiger partial charge in [0.2, 0.25) is 0 Å². The number of nitrogens with one attached hydrogen (secondary N) is 1. The monoisotopic (exact) mass is 592 g/mol. The fourth-order valence-corrected chi connectivity index (χ4v) is 5.42. The number of anilines is 1. The van der Waals surface area contributed by atoms with Gasteiger partial charge in [0.1, 0.15) is 12.1 Å². The molecule has 3 aromatic carbocycles. The van der Waals surface area contributed by atoms with Gasteiger partial charge in [0.25, 0.3) is 0 Å². The summed E-state index contributed by atoms with van der Waals surface area (Å²) in [6.07, 6.45) is 1.05. The molecule has 1 saturated heterocycles. The van der Waals surface area contributed by atoms with E-state index in [9.17, 15) is 18.0 Å². The molecule has 1 aliphatic heterocycles. The van der Waals surface area contributed by atoms with E-state index < -0.39 is 12.4 Å². The van der Waals surface area contributed by atoms with Gasteiger partial charge in [0, 0.05) is 29.7 Å². The van der Waals surface area contributed by atoms with Crippen LogP contribution >= 0.6 is 11.8 Å². The molecule has 1 aromatic heterocycles. The highest BCUT2D eigenvalue weighted by Gasteiger charge is 2.31. The lowest BCUT2D eigenvalue weighted by Crippen LogP contribution is -2.36. The molecule has 0 atom stereocenters. The minimum Gasteiger partial charge on any atom is -0.406 e. The van der Waals surface area contributed by atoms with Crippen LogP contribution in [0.3, 0.4) is 0 Å². The Hall–Kier alpha value is -4.58. The number of halogens is 3. The summed E-state index contributed by atoms with van der Waals surface area (Å²) in [6, 6.07) is 18.4. The number of carbonyl (C=O) groups excluding carboxylic acids is 1. The van der Waals surface area contributed by atoms with Crippen molar-refractivity contribution in [2.75, 3.05) is 17.2 Å². The van der Waals surface area contributed by atoms with Gasteiger partial charge in [0.15, 0.2) is 11.0 Å². The van der Waals surface area contributed by atoms with Crippen molar-refractivity contribution in [2.45, 2.75) is 26.6 Å². The number of alkyl halides is 3. The first-order chi connectivity index (χ1) is 20.2. The van der Waals surface area contributed by atoms with Crippen LogP contribution in [0.15, 0.2) is 84.2 Å². The van der Waals surface area contributed by atoms with E-state index in [1.54, 1.807) is 24.0 Å². The van der Waals surface area contributed by atoms with Crippen molar-refractivity contribution in [1.29, 1.82) is 0 Å². The third-order valence-electron chi connectivity index (χ3n) is 6.37. The van der Waals surface area contributed by atoms with Crippen LogP contribution in [-0.2, 0) is 0 Å². The van der Waals surface area contributed by atoms with E-state index in [-0.39, 0.29) is 5.75 Å². The number of hydrogen-bond donors (Lipinski definition) is 1. The lowest BCUT2D eigenvalue weighted by Gasteiger charge is -2.31. The number of para-hydroxylation sites is 1. The highest BCUT2D eigenvalue weighted by Crippen LogP contribution is 2.31. The number of amidine groups is 1. The average Bonchev–Trinajstić information content (AvgIpc) is 3.44.